The summed E-state index contributed by atoms with van der Waals surface area (Å²) in [4.78, 5) is 8.74. The number of nitrogens with two attached hydrogens (primary N) is 1. The van der Waals surface area contributed by atoms with E-state index >= 15 is 0 Å². The Hall–Kier alpha value is -2.11. The molecule has 0 saturated heterocycles. The minimum absolute atomic E-state index is 0.470. The quantitative estimate of drug-likeness (QED) is 0.927. The van der Waals surface area contributed by atoms with E-state index in [-0.39, 0.29) is 0 Å². The third-order valence-electron chi connectivity index (χ3n) is 3.30. The molecule has 0 aliphatic heterocycles. The van der Waals surface area contributed by atoms with E-state index in [1.54, 1.807) is 4.68 Å². The summed E-state index contributed by atoms with van der Waals surface area (Å²) in [7, 11) is 1.89. The number of hydrogen-bond donors (Lipinski definition) is 1. The van der Waals surface area contributed by atoms with Crippen molar-refractivity contribution >= 4 is 5.82 Å². The predicted molar refractivity (Wildman–Crippen MR) is 77.9 cm³/mol. The minimum Gasteiger partial charge on any atom is -0.435 e. The molecule has 2 aromatic rings. The van der Waals surface area contributed by atoms with Crippen molar-refractivity contribution in [2.45, 2.75) is 40.5 Å². The van der Waals surface area contributed by atoms with E-state index in [0.29, 0.717) is 17.5 Å². The molecule has 0 saturated carbocycles. The fourth-order valence-corrected chi connectivity index (χ4v) is 1.99. The molecular formula is C14H21N5O. The molecule has 0 radical (unpaired) electrons. The zero-order valence-corrected chi connectivity index (χ0v) is 12.7. The molecule has 0 amide bonds. The SMILES string of the molecule is CCCc1nc(N)c(C)c(Oc2c(C)nn(C)c2C)n1. The molecule has 2 rings (SSSR count). The fourth-order valence-electron chi connectivity index (χ4n) is 1.99. The van der Waals surface area contributed by atoms with Crippen molar-refractivity contribution in [1.29, 1.82) is 0 Å². The fraction of sp³-hybridized carbons (Fsp3) is 0.500. The largest absolute Gasteiger partial charge is 0.435 e. The average molecular weight is 275 g/mol. The van der Waals surface area contributed by atoms with Crippen molar-refractivity contribution < 1.29 is 4.74 Å². The van der Waals surface area contributed by atoms with Gasteiger partial charge >= 0.3 is 0 Å². The van der Waals surface area contributed by atoms with Crippen molar-refractivity contribution in [3.8, 4) is 11.6 Å². The molecule has 6 nitrogen and oxygen atoms in total. The monoisotopic (exact) mass is 275 g/mol. The van der Waals surface area contributed by atoms with Gasteiger partial charge in [0.1, 0.15) is 17.3 Å². The van der Waals surface area contributed by atoms with E-state index in [9.17, 15) is 0 Å². The van der Waals surface area contributed by atoms with Crippen LogP contribution in [0.2, 0.25) is 0 Å². The molecule has 2 N–H and O–H groups in total. The molecule has 2 heterocycles. The van der Waals surface area contributed by atoms with Crippen molar-refractivity contribution in [3.05, 3.63) is 22.8 Å². The van der Waals surface area contributed by atoms with Gasteiger partial charge in [0.25, 0.3) is 0 Å². The summed E-state index contributed by atoms with van der Waals surface area (Å²) in [6, 6.07) is 0. The summed E-state index contributed by atoms with van der Waals surface area (Å²) in [6.07, 6.45) is 1.75. The molecule has 0 aliphatic carbocycles. The topological polar surface area (TPSA) is 78.9 Å². The Bertz CT molecular complexity index is 633. The van der Waals surface area contributed by atoms with Crippen LogP contribution in [0.1, 0.15) is 36.1 Å². The standard InChI is InChI=1S/C14H21N5O/c1-6-7-11-16-13(15)8(2)14(17-11)20-12-9(3)18-19(5)10(12)4/h6-7H2,1-5H3,(H2,15,16,17). The second kappa shape index (κ2) is 5.48. The summed E-state index contributed by atoms with van der Waals surface area (Å²) in [5, 5.41) is 4.33. The number of nitrogens with zero attached hydrogens (tertiary/aromatic N) is 4. The van der Waals surface area contributed by atoms with Crippen LogP contribution in [0, 0.1) is 20.8 Å². The van der Waals surface area contributed by atoms with Gasteiger partial charge in [-0.3, -0.25) is 4.68 Å². The van der Waals surface area contributed by atoms with Crippen LogP contribution in [0.3, 0.4) is 0 Å². The number of hydrogen-bond acceptors (Lipinski definition) is 5. The van der Waals surface area contributed by atoms with Crippen LogP contribution < -0.4 is 10.5 Å². The summed E-state index contributed by atoms with van der Waals surface area (Å²) in [6.45, 7) is 7.81. The lowest BCUT2D eigenvalue weighted by Crippen LogP contribution is -2.05. The van der Waals surface area contributed by atoms with E-state index in [4.69, 9.17) is 10.5 Å². The van der Waals surface area contributed by atoms with Crippen LogP contribution in [0.25, 0.3) is 0 Å². The van der Waals surface area contributed by atoms with Gasteiger partial charge in [-0.1, -0.05) is 6.92 Å². The first kappa shape index (κ1) is 14.3. The molecular weight excluding hydrogens is 254 g/mol. The lowest BCUT2D eigenvalue weighted by atomic mass is 10.3. The minimum atomic E-state index is 0.470. The molecule has 0 spiro atoms. The zero-order chi connectivity index (χ0) is 14.9. The summed E-state index contributed by atoms with van der Waals surface area (Å²) in [5.74, 6) is 2.43. The summed E-state index contributed by atoms with van der Waals surface area (Å²) < 4.78 is 7.73. The molecule has 0 fully saturated rings. The highest BCUT2D eigenvalue weighted by atomic mass is 16.5. The number of nitrogen functional groups attached to an aromatic ring is 1. The lowest BCUT2D eigenvalue weighted by molar-refractivity contribution is 0.447. The molecule has 0 bridgehead atoms. The highest BCUT2D eigenvalue weighted by molar-refractivity contribution is 5.47. The third-order valence-corrected chi connectivity index (χ3v) is 3.30. The van der Waals surface area contributed by atoms with Crippen LogP contribution >= 0.6 is 0 Å². The van der Waals surface area contributed by atoms with Gasteiger partial charge in [0.2, 0.25) is 5.88 Å². The highest BCUT2D eigenvalue weighted by Crippen LogP contribution is 2.30. The van der Waals surface area contributed by atoms with Gasteiger partial charge in [0.15, 0.2) is 5.75 Å². The van der Waals surface area contributed by atoms with Gasteiger partial charge < -0.3 is 10.5 Å². The number of rotatable bonds is 4. The Balaban J connectivity index is 2.42. The first-order chi connectivity index (χ1) is 9.43. The number of aryl methyl sites for hydroxylation is 3. The van der Waals surface area contributed by atoms with Crippen molar-refractivity contribution in [3.63, 3.8) is 0 Å². The third kappa shape index (κ3) is 2.59. The zero-order valence-electron chi connectivity index (χ0n) is 12.7. The van der Waals surface area contributed by atoms with Gasteiger partial charge in [-0.2, -0.15) is 10.1 Å². The highest BCUT2D eigenvalue weighted by Gasteiger charge is 2.16. The first-order valence-electron chi connectivity index (χ1n) is 6.75. The number of ether oxygens (including phenoxy) is 1. The van der Waals surface area contributed by atoms with Gasteiger partial charge in [0.05, 0.1) is 11.3 Å². The number of aromatic nitrogens is 4. The smallest absolute Gasteiger partial charge is 0.227 e. The second-order valence-electron chi connectivity index (χ2n) is 4.93. The normalized spacial score (nSPS) is 10.8. The maximum absolute atomic E-state index is 5.94. The molecule has 0 atom stereocenters. The molecule has 0 aliphatic rings. The van der Waals surface area contributed by atoms with Crippen LogP contribution in [-0.4, -0.2) is 19.7 Å². The van der Waals surface area contributed by atoms with Crippen LogP contribution in [-0.2, 0) is 13.5 Å². The molecule has 108 valence electrons. The molecule has 20 heavy (non-hydrogen) atoms. The van der Waals surface area contributed by atoms with Gasteiger partial charge in [-0.15, -0.1) is 0 Å². The summed E-state index contributed by atoms with van der Waals surface area (Å²) in [5.41, 5.74) is 8.48. The molecule has 0 unspecified atom stereocenters. The lowest BCUT2D eigenvalue weighted by Gasteiger charge is -2.11. The van der Waals surface area contributed by atoms with Gasteiger partial charge in [-0.05, 0) is 27.2 Å². The van der Waals surface area contributed by atoms with E-state index < -0.39 is 0 Å². The van der Waals surface area contributed by atoms with Crippen LogP contribution in [0.15, 0.2) is 0 Å². The Kier molecular flexibility index (Phi) is 3.92. The first-order valence-corrected chi connectivity index (χ1v) is 6.75. The van der Waals surface area contributed by atoms with Crippen molar-refractivity contribution in [2.24, 2.45) is 7.05 Å². The van der Waals surface area contributed by atoms with Crippen molar-refractivity contribution in [2.75, 3.05) is 5.73 Å². The van der Waals surface area contributed by atoms with E-state index in [2.05, 4.69) is 22.0 Å². The predicted octanol–water partition coefficient (Wildman–Crippen LogP) is 2.46. The van der Waals surface area contributed by atoms with Crippen molar-refractivity contribution in [1.82, 2.24) is 19.7 Å². The van der Waals surface area contributed by atoms with Gasteiger partial charge in [-0.25, -0.2) is 4.98 Å². The Labute approximate surface area is 119 Å². The molecule has 0 aromatic carbocycles. The maximum Gasteiger partial charge on any atom is 0.227 e. The number of anilines is 1. The molecule has 6 heteroatoms. The van der Waals surface area contributed by atoms with E-state index in [0.717, 1.165) is 35.5 Å². The maximum atomic E-state index is 5.94. The Morgan fingerprint density at radius 2 is 1.90 bits per heavy atom. The Morgan fingerprint density at radius 3 is 2.45 bits per heavy atom. The van der Waals surface area contributed by atoms with Gasteiger partial charge in [0, 0.05) is 13.5 Å². The van der Waals surface area contributed by atoms with E-state index in [1.165, 1.54) is 0 Å². The second-order valence-corrected chi connectivity index (χ2v) is 4.93. The molecule has 2 aromatic heterocycles. The van der Waals surface area contributed by atoms with Crippen LogP contribution in [0.4, 0.5) is 5.82 Å². The summed E-state index contributed by atoms with van der Waals surface area (Å²) >= 11 is 0. The van der Waals surface area contributed by atoms with E-state index in [1.807, 2.05) is 27.8 Å². The van der Waals surface area contributed by atoms with Crippen LogP contribution in [0.5, 0.6) is 11.6 Å². The average Bonchev–Trinajstić information content (AvgIpc) is 2.62. The Morgan fingerprint density at radius 1 is 1.20 bits per heavy atom.